The summed E-state index contributed by atoms with van der Waals surface area (Å²) in [5.74, 6) is 0.351. The number of nitrogens with one attached hydrogen (secondary N) is 3. The number of carbonyl (C=O) groups excluding carboxylic acids is 1. The molecule has 0 aliphatic rings. The van der Waals surface area contributed by atoms with Crippen molar-refractivity contribution >= 4 is 22.6 Å². The Labute approximate surface area is 178 Å². The second-order valence-electron chi connectivity index (χ2n) is 6.95. The maximum absolute atomic E-state index is 12.9. The summed E-state index contributed by atoms with van der Waals surface area (Å²) in [6.45, 7) is 0. The number of fused-ring (bicyclic) bond motifs is 1. The molecule has 152 valence electrons. The molecule has 0 aliphatic heterocycles. The van der Waals surface area contributed by atoms with E-state index in [4.69, 9.17) is 14.7 Å². The normalized spacial score (nSPS) is 10.9. The summed E-state index contributed by atoms with van der Waals surface area (Å²) >= 11 is 0. The van der Waals surface area contributed by atoms with Gasteiger partial charge in [-0.15, -0.1) is 0 Å². The summed E-state index contributed by atoms with van der Waals surface area (Å²) in [6, 6.07) is 20.3. The van der Waals surface area contributed by atoms with Crippen LogP contribution >= 0.6 is 0 Å². The first-order chi connectivity index (χ1) is 15.2. The molecule has 2 aromatic carbocycles. The SMILES string of the molecule is COc1ccccc1NC(=O)c1ccc2nc(-c3ccc[nH]3)c(-c3ccc[nH]3)nc2c1. The summed E-state index contributed by atoms with van der Waals surface area (Å²) in [5.41, 5.74) is 5.60. The van der Waals surface area contributed by atoms with Crippen LogP contribution in [-0.2, 0) is 0 Å². The number of H-pyrrole nitrogens is 2. The highest BCUT2D eigenvalue weighted by atomic mass is 16.5. The number of methoxy groups -OCH3 is 1. The van der Waals surface area contributed by atoms with E-state index in [0.29, 0.717) is 33.7 Å². The van der Waals surface area contributed by atoms with Crippen molar-refractivity contribution in [3.63, 3.8) is 0 Å². The van der Waals surface area contributed by atoms with Crippen molar-refractivity contribution in [1.82, 2.24) is 19.9 Å². The van der Waals surface area contributed by atoms with Gasteiger partial charge in [-0.2, -0.15) is 0 Å². The second-order valence-corrected chi connectivity index (χ2v) is 6.95. The van der Waals surface area contributed by atoms with E-state index >= 15 is 0 Å². The number of aromatic nitrogens is 4. The van der Waals surface area contributed by atoms with Crippen molar-refractivity contribution in [3.05, 3.63) is 84.7 Å². The molecule has 3 N–H and O–H groups in total. The molecular formula is C24H19N5O2. The average molecular weight is 409 g/mol. The van der Waals surface area contributed by atoms with Gasteiger partial charge < -0.3 is 20.0 Å². The first kappa shape index (κ1) is 18.6. The minimum atomic E-state index is -0.247. The Balaban J connectivity index is 1.57. The number of rotatable bonds is 5. The standard InChI is InChI=1S/C24H19N5O2/c1-31-21-9-3-2-6-17(21)29-24(30)15-10-11-16-20(14-15)28-23(19-8-5-13-26-19)22(27-16)18-7-4-12-25-18/h2-14,25-26H,1H3,(H,29,30). The average Bonchev–Trinajstić information content (AvgIpc) is 3.52. The number of ether oxygens (including phenoxy) is 1. The van der Waals surface area contributed by atoms with Crippen molar-refractivity contribution < 1.29 is 9.53 Å². The predicted molar refractivity (Wildman–Crippen MR) is 120 cm³/mol. The molecule has 0 atom stereocenters. The Bertz CT molecular complexity index is 1360. The summed E-state index contributed by atoms with van der Waals surface area (Å²) in [6.07, 6.45) is 3.70. The van der Waals surface area contributed by atoms with Crippen LogP contribution in [0.5, 0.6) is 5.75 Å². The first-order valence-corrected chi connectivity index (χ1v) is 9.76. The van der Waals surface area contributed by atoms with Gasteiger partial charge >= 0.3 is 0 Å². The van der Waals surface area contributed by atoms with Crippen LogP contribution < -0.4 is 10.1 Å². The summed E-state index contributed by atoms with van der Waals surface area (Å²) in [4.78, 5) is 28.9. The van der Waals surface area contributed by atoms with Gasteiger partial charge in [0.1, 0.15) is 17.1 Å². The molecule has 0 aliphatic carbocycles. The number of amides is 1. The van der Waals surface area contributed by atoms with E-state index in [9.17, 15) is 4.79 Å². The molecule has 7 heteroatoms. The van der Waals surface area contributed by atoms with Gasteiger partial charge in [-0.05, 0) is 54.6 Å². The van der Waals surface area contributed by atoms with Crippen molar-refractivity contribution in [2.45, 2.75) is 0 Å². The van der Waals surface area contributed by atoms with Gasteiger partial charge in [-0.25, -0.2) is 9.97 Å². The molecule has 3 aromatic heterocycles. The molecular weight excluding hydrogens is 390 g/mol. The minimum absolute atomic E-state index is 0.247. The van der Waals surface area contributed by atoms with Gasteiger partial charge in [0.25, 0.3) is 5.91 Å². The van der Waals surface area contributed by atoms with E-state index in [-0.39, 0.29) is 5.91 Å². The zero-order chi connectivity index (χ0) is 21.2. The maximum atomic E-state index is 12.9. The van der Waals surface area contributed by atoms with Gasteiger partial charge in [0, 0.05) is 18.0 Å². The van der Waals surface area contributed by atoms with E-state index < -0.39 is 0 Å². The summed E-state index contributed by atoms with van der Waals surface area (Å²) in [7, 11) is 1.57. The Kier molecular flexibility index (Phi) is 4.68. The number of anilines is 1. The van der Waals surface area contributed by atoms with Crippen molar-refractivity contribution in [3.8, 4) is 28.5 Å². The lowest BCUT2D eigenvalue weighted by atomic mass is 10.1. The summed E-state index contributed by atoms with van der Waals surface area (Å²) < 4.78 is 5.31. The monoisotopic (exact) mass is 409 g/mol. The topological polar surface area (TPSA) is 95.7 Å². The van der Waals surface area contributed by atoms with E-state index in [1.54, 1.807) is 31.4 Å². The Morgan fingerprint density at radius 3 is 2.16 bits per heavy atom. The van der Waals surface area contributed by atoms with Crippen LogP contribution in [0.2, 0.25) is 0 Å². The molecule has 7 nitrogen and oxygen atoms in total. The molecule has 0 spiro atoms. The van der Waals surface area contributed by atoms with Crippen molar-refractivity contribution in [2.75, 3.05) is 12.4 Å². The lowest BCUT2D eigenvalue weighted by Crippen LogP contribution is -2.12. The summed E-state index contributed by atoms with van der Waals surface area (Å²) in [5, 5.41) is 2.90. The Hall–Kier alpha value is -4.39. The molecule has 0 radical (unpaired) electrons. The fraction of sp³-hybridized carbons (Fsp3) is 0.0417. The highest BCUT2D eigenvalue weighted by Gasteiger charge is 2.16. The zero-order valence-corrected chi connectivity index (χ0v) is 16.7. The number of nitrogens with zero attached hydrogens (tertiary/aromatic N) is 2. The van der Waals surface area contributed by atoms with E-state index in [1.165, 1.54) is 0 Å². The fourth-order valence-electron chi connectivity index (χ4n) is 3.47. The van der Waals surface area contributed by atoms with Crippen molar-refractivity contribution in [1.29, 1.82) is 0 Å². The van der Waals surface area contributed by atoms with Gasteiger partial charge in [0.15, 0.2) is 0 Å². The van der Waals surface area contributed by atoms with Crippen LogP contribution in [-0.4, -0.2) is 33.0 Å². The first-order valence-electron chi connectivity index (χ1n) is 9.76. The molecule has 0 fully saturated rings. The predicted octanol–water partition coefficient (Wildman–Crippen LogP) is 4.88. The highest BCUT2D eigenvalue weighted by molar-refractivity contribution is 6.06. The maximum Gasteiger partial charge on any atom is 0.255 e. The van der Waals surface area contributed by atoms with Gasteiger partial charge in [0.2, 0.25) is 0 Å². The van der Waals surface area contributed by atoms with Crippen LogP contribution in [0.4, 0.5) is 5.69 Å². The number of aromatic amines is 2. The van der Waals surface area contributed by atoms with Crippen LogP contribution in [0.15, 0.2) is 79.1 Å². The molecule has 5 rings (SSSR count). The number of carbonyl (C=O) groups is 1. The number of hydrogen-bond donors (Lipinski definition) is 3. The van der Waals surface area contributed by atoms with Crippen LogP contribution in [0.1, 0.15) is 10.4 Å². The molecule has 0 saturated heterocycles. The van der Waals surface area contributed by atoms with Gasteiger partial charge in [0.05, 0.1) is 35.2 Å². The van der Waals surface area contributed by atoms with Crippen LogP contribution in [0.3, 0.4) is 0 Å². The molecule has 1 amide bonds. The minimum Gasteiger partial charge on any atom is -0.495 e. The molecule has 0 unspecified atom stereocenters. The quantitative estimate of drug-likeness (QED) is 0.385. The van der Waals surface area contributed by atoms with Crippen LogP contribution in [0.25, 0.3) is 33.8 Å². The molecule has 0 bridgehead atoms. The Morgan fingerprint density at radius 1 is 0.839 bits per heavy atom. The molecule has 3 heterocycles. The number of hydrogen-bond acceptors (Lipinski definition) is 4. The van der Waals surface area contributed by atoms with Crippen LogP contribution in [0, 0.1) is 0 Å². The zero-order valence-electron chi connectivity index (χ0n) is 16.7. The van der Waals surface area contributed by atoms with Gasteiger partial charge in [-0.1, -0.05) is 12.1 Å². The number of benzene rings is 2. The lowest BCUT2D eigenvalue weighted by Gasteiger charge is -2.11. The Morgan fingerprint density at radius 2 is 1.52 bits per heavy atom. The second kappa shape index (κ2) is 7.79. The number of para-hydroxylation sites is 2. The fourth-order valence-corrected chi connectivity index (χ4v) is 3.47. The molecule has 31 heavy (non-hydrogen) atoms. The molecule has 0 saturated carbocycles. The third-order valence-electron chi connectivity index (χ3n) is 4.99. The smallest absolute Gasteiger partial charge is 0.255 e. The van der Waals surface area contributed by atoms with Gasteiger partial charge in [-0.3, -0.25) is 4.79 Å². The third-order valence-corrected chi connectivity index (χ3v) is 4.99. The highest BCUT2D eigenvalue weighted by Crippen LogP contribution is 2.30. The molecule has 5 aromatic rings. The van der Waals surface area contributed by atoms with E-state index in [1.807, 2.05) is 54.9 Å². The third kappa shape index (κ3) is 3.53. The van der Waals surface area contributed by atoms with E-state index in [2.05, 4.69) is 15.3 Å². The lowest BCUT2D eigenvalue weighted by molar-refractivity contribution is 0.102. The largest absolute Gasteiger partial charge is 0.495 e. The van der Waals surface area contributed by atoms with Crippen molar-refractivity contribution in [2.24, 2.45) is 0 Å². The van der Waals surface area contributed by atoms with E-state index in [0.717, 1.165) is 17.1 Å².